The summed E-state index contributed by atoms with van der Waals surface area (Å²) in [6.45, 7) is 6.92. The lowest BCUT2D eigenvalue weighted by Gasteiger charge is -2.30. The van der Waals surface area contributed by atoms with Crippen molar-refractivity contribution >= 4 is 11.9 Å². The Morgan fingerprint density at radius 1 is 1.28 bits per heavy atom. The molecule has 1 heterocycles. The smallest absolute Gasteiger partial charge is 0.310 e. The summed E-state index contributed by atoms with van der Waals surface area (Å²) in [5.41, 5.74) is -0.466. The molecule has 0 bridgehead atoms. The molecule has 0 saturated carbocycles. The van der Waals surface area contributed by atoms with Gasteiger partial charge in [-0.05, 0) is 39.7 Å². The van der Waals surface area contributed by atoms with E-state index in [9.17, 15) is 9.59 Å². The molecule has 18 heavy (non-hydrogen) atoms. The summed E-state index contributed by atoms with van der Waals surface area (Å²) in [5.74, 6) is -0.451. The highest BCUT2D eigenvalue weighted by Crippen LogP contribution is 2.22. The molecule has 5 heteroatoms. The average Bonchev–Trinajstić information content (AvgIpc) is 2.27. The molecule has 0 aromatic rings. The van der Waals surface area contributed by atoms with Crippen molar-refractivity contribution in [3.63, 3.8) is 0 Å². The summed E-state index contributed by atoms with van der Waals surface area (Å²) in [5, 5.41) is 3.17. The Morgan fingerprint density at radius 2 is 1.94 bits per heavy atom. The number of methoxy groups -OCH3 is 1. The molecule has 1 aliphatic rings. The van der Waals surface area contributed by atoms with Gasteiger partial charge in [-0.15, -0.1) is 0 Å². The molecule has 0 radical (unpaired) electrons. The summed E-state index contributed by atoms with van der Waals surface area (Å²) in [4.78, 5) is 23.2. The zero-order valence-corrected chi connectivity index (χ0v) is 11.6. The lowest BCUT2D eigenvalue weighted by atomic mass is 9.88. The average molecular weight is 257 g/mol. The Morgan fingerprint density at radius 3 is 2.50 bits per heavy atom. The van der Waals surface area contributed by atoms with Gasteiger partial charge in [0, 0.05) is 13.0 Å². The van der Waals surface area contributed by atoms with Crippen molar-refractivity contribution in [3.8, 4) is 0 Å². The lowest BCUT2D eigenvalue weighted by molar-refractivity contribution is -0.161. The van der Waals surface area contributed by atoms with Crippen LogP contribution in [0.1, 0.15) is 33.6 Å². The zero-order valence-electron chi connectivity index (χ0n) is 11.6. The fourth-order valence-electron chi connectivity index (χ4n) is 2.07. The van der Waals surface area contributed by atoms with Crippen LogP contribution in [0.5, 0.6) is 0 Å². The van der Waals surface area contributed by atoms with Crippen LogP contribution in [0.15, 0.2) is 0 Å². The Hall–Kier alpha value is -1.10. The maximum atomic E-state index is 11.9. The first-order chi connectivity index (χ1) is 8.31. The van der Waals surface area contributed by atoms with Crippen LogP contribution in [0.3, 0.4) is 0 Å². The molecule has 0 amide bonds. The van der Waals surface area contributed by atoms with E-state index in [1.807, 2.05) is 20.8 Å². The van der Waals surface area contributed by atoms with Gasteiger partial charge in [-0.25, -0.2) is 0 Å². The zero-order chi connectivity index (χ0) is 13.8. The summed E-state index contributed by atoms with van der Waals surface area (Å²) >= 11 is 0. The second-order valence-electron chi connectivity index (χ2n) is 5.77. The van der Waals surface area contributed by atoms with Crippen LogP contribution in [-0.4, -0.2) is 37.7 Å². The van der Waals surface area contributed by atoms with E-state index in [2.05, 4.69) is 10.1 Å². The first kappa shape index (κ1) is 15.0. The molecule has 104 valence electrons. The molecule has 0 aliphatic carbocycles. The van der Waals surface area contributed by atoms with Crippen LogP contribution in [0.4, 0.5) is 0 Å². The first-order valence-electron chi connectivity index (χ1n) is 6.32. The predicted molar refractivity (Wildman–Crippen MR) is 66.9 cm³/mol. The molecule has 5 nitrogen and oxygen atoms in total. The molecule has 2 atom stereocenters. The van der Waals surface area contributed by atoms with Gasteiger partial charge in [0.05, 0.1) is 13.0 Å². The minimum absolute atomic E-state index is 0.142. The Balaban J connectivity index is 2.48. The van der Waals surface area contributed by atoms with Gasteiger partial charge in [-0.1, -0.05) is 0 Å². The Kier molecular flexibility index (Phi) is 5.14. The summed E-state index contributed by atoms with van der Waals surface area (Å²) in [7, 11) is 1.38. The molecule has 0 aromatic heterocycles. The second-order valence-corrected chi connectivity index (χ2v) is 5.77. The predicted octanol–water partition coefficient (Wildman–Crippen LogP) is 1.12. The summed E-state index contributed by atoms with van der Waals surface area (Å²) in [6, 6.07) is 0. The number of piperidine rings is 1. The third-order valence-electron chi connectivity index (χ3n) is 2.86. The van der Waals surface area contributed by atoms with Gasteiger partial charge in [0.2, 0.25) is 0 Å². The van der Waals surface area contributed by atoms with Crippen molar-refractivity contribution in [3.05, 3.63) is 0 Å². The SMILES string of the molecule is COC(=O)C[C@H]1CNC[C@@H](C(=O)OC(C)(C)C)C1. The highest BCUT2D eigenvalue weighted by molar-refractivity contribution is 5.74. The van der Waals surface area contributed by atoms with E-state index in [0.29, 0.717) is 19.4 Å². The molecule has 0 aromatic carbocycles. The fraction of sp³-hybridized carbons (Fsp3) is 0.846. The highest BCUT2D eigenvalue weighted by Gasteiger charge is 2.31. The van der Waals surface area contributed by atoms with Crippen LogP contribution in [0.2, 0.25) is 0 Å². The monoisotopic (exact) mass is 257 g/mol. The van der Waals surface area contributed by atoms with E-state index in [-0.39, 0.29) is 23.8 Å². The van der Waals surface area contributed by atoms with E-state index in [4.69, 9.17) is 4.74 Å². The van der Waals surface area contributed by atoms with E-state index in [1.165, 1.54) is 7.11 Å². The van der Waals surface area contributed by atoms with Gasteiger partial charge in [0.25, 0.3) is 0 Å². The molecule has 1 rings (SSSR count). The van der Waals surface area contributed by atoms with E-state index in [0.717, 1.165) is 6.54 Å². The number of rotatable bonds is 3. The minimum atomic E-state index is -0.466. The molecular weight excluding hydrogens is 234 g/mol. The van der Waals surface area contributed by atoms with Gasteiger partial charge < -0.3 is 14.8 Å². The van der Waals surface area contributed by atoms with Gasteiger partial charge >= 0.3 is 11.9 Å². The summed E-state index contributed by atoms with van der Waals surface area (Å²) < 4.78 is 10.0. The van der Waals surface area contributed by atoms with Crippen molar-refractivity contribution in [2.24, 2.45) is 11.8 Å². The number of carbonyl (C=O) groups is 2. The van der Waals surface area contributed by atoms with E-state index in [1.54, 1.807) is 0 Å². The number of hydrogen-bond acceptors (Lipinski definition) is 5. The molecular formula is C13H23NO4. The molecule has 0 spiro atoms. The van der Waals surface area contributed by atoms with Gasteiger partial charge in [-0.3, -0.25) is 9.59 Å². The van der Waals surface area contributed by atoms with Crippen molar-refractivity contribution < 1.29 is 19.1 Å². The normalized spacial score (nSPS) is 24.4. The Bertz CT molecular complexity index is 309. The minimum Gasteiger partial charge on any atom is -0.469 e. The third-order valence-corrected chi connectivity index (χ3v) is 2.86. The van der Waals surface area contributed by atoms with Crippen LogP contribution >= 0.6 is 0 Å². The van der Waals surface area contributed by atoms with Crippen molar-refractivity contribution in [2.75, 3.05) is 20.2 Å². The van der Waals surface area contributed by atoms with Gasteiger partial charge in [0.1, 0.15) is 5.60 Å². The number of hydrogen-bond donors (Lipinski definition) is 1. The van der Waals surface area contributed by atoms with Gasteiger partial charge in [-0.2, -0.15) is 0 Å². The first-order valence-corrected chi connectivity index (χ1v) is 6.32. The maximum Gasteiger partial charge on any atom is 0.310 e. The van der Waals surface area contributed by atoms with Crippen LogP contribution in [0.25, 0.3) is 0 Å². The maximum absolute atomic E-state index is 11.9. The number of esters is 2. The third kappa shape index (κ3) is 5.04. The van der Waals surface area contributed by atoms with Crippen molar-refractivity contribution in [2.45, 2.75) is 39.2 Å². The second kappa shape index (κ2) is 6.18. The van der Waals surface area contributed by atoms with Crippen molar-refractivity contribution in [1.82, 2.24) is 5.32 Å². The van der Waals surface area contributed by atoms with Crippen molar-refractivity contribution in [1.29, 1.82) is 0 Å². The lowest BCUT2D eigenvalue weighted by Crippen LogP contribution is -2.42. The van der Waals surface area contributed by atoms with Gasteiger partial charge in [0.15, 0.2) is 0 Å². The molecule has 1 aliphatic heterocycles. The standard InChI is InChI=1S/C13H23NO4/c1-13(2,3)18-12(16)10-5-9(7-14-8-10)6-11(15)17-4/h9-10,14H,5-8H2,1-4H3/t9-,10-/m0/s1. The van der Waals surface area contributed by atoms with Crippen LogP contribution in [0, 0.1) is 11.8 Å². The molecule has 1 N–H and O–H groups in total. The molecule has 0 unspecified atom stereocenters. The highest BCUT2D eigenvalue weighted by atomic mass is 16.6. The number of carbonyl (C=O) groups excluding carboxylic acids is 2. The van der Waals surface area contributed by atoms with E-state index >= 15 is 0 Å². The van der Waals surface area contributed by atoms with Crippen LogP contribution in [-0.2, 0) is 19.1 Å². The topological polar surface area (TPSA) is 64.6 Å². The van der Waals surface area contributed by atoms with E-state index < -0.39 is 5.60 Å². The Labute approximate surface area is 108 Å². The molecule has 1 saturated heterocycles. The summed E-state index contributed by atoms with van der Waals surface area (Å²) in [6.07, 6.45) is 1.03. The molecule has 1 fully saturated rings. The fourth-order valence-corrected chi connectivity index (χ4v) is 2.07. The quantitative estimate of drug-likeness (QED) is 0.767. The largest absolute Gasteiger partial charge is 0.469 e. The number of nitrogens with one attached hydrogen (secondary N) is 1. The number of ether oxygens (including phenoxy) is 2. The van der Waals surface area contributed by atoms with Crippen LogP contribution < -0.4 is 5.32 Å².